The molecular formula is C8H11NO2. The van der Waals surface area contributed by atoms with Crippen LogP contribution in [0.4, 0.5) is 0 Å². The SMILES string of the molecule is C=C(C)CCc1coc(=O)[nH]1. The second-order valence-corrected chi connectivity index (χ2v) is 2.63. The highest BCUT2D eigenvalue weighted by atomic mass is 16.4. The van der Waals surface area contributed by atoms with Crippen LogP contribution in [0.25, 0.3) is 0 Å². The number of oxazole rings is 1. The predicted octanol–water partition coefficient (Wildman–Crippen LogP) is 1.48. The van der Waals surface area contributed by atoms with Crippen LogP contribution < -0.4 is 5.76 Å². The van der Waals surface area contributed by atoms with E-state index in [2.05, 4.69) is 16.0 Å². The molecule has 0 saturated heterocycles. The van der Waals surface area contributed by atoms with E-state index in [1.807, 2.05) is 6.92 Å². The zero-order valence-corrected chi connectivity index (χ0v) is 6.52. The maximum absolute atomic E-state index is 10.5. The molecular weight excluding hydrogens is 142 g/mol. The molecule has 0 unspecified atom stereocenters. The fourth-order valence-corrected chi connectivity index (χ4v) is 0.784. The topological polar surface area (TPSA) is 46.0 Å². The third-order valence-electron chi connectivity index (χ3n) is 1.39. The molecule has 60 valence electrons. The molecule has 0 saturated carbocycles. The number of H-pyrrole nitrogens is 1. The van der Waals surface area contributed by atoms with Crippen LogP contribution in [0.5, 0.6) is 0 Å². The molecule has 3 heteroatoms. The molecule has 11 heavy (non-hydrogen) atoms. The summed E-state index contributed by atoms with van der Waals surface area (Å²) in [6, 6.07) is 0. The molecule has 0 aliphatic rings. The highest BCUT2D eigenvalue weighted by molar-refractivity contribution is 4.97. The number of rotatable bonds is 3. The third-order valence-corrected chi connectivity index (χ3v) is 1.39. The lowest BCUT2D eigenvalue weighted by Gasteiger charge is -1.93. The maximum Gasteiger partial charge on any atom is 0.416 e. The molecule has 0 aromatic carbocycles. The fourth-order valence-electron chi connectivity index (χ4n) is 0.784. The van der Waals surface area contributed by atoms with E-state index in [0.29, 0.717) is 0 Å². The first kappa shape index (κ1) is 7.85. The average molecular weight is 153 g/mol. The minimum Gasteiger partial charge on any atom is -0.416 e. The highest BCUT2D eigenvalue weighted by Gasteiger charge is 1.96. The van der Waals surface area contributed by atoms with Crippen LogP contribution >= 0.6 is 0 Å². The van der Waals surface area contributed by atoms with Crippen molar-refractivity contribution in [3.63, 3.8) is 0 Å². The van der Waals surface area contributed by atoms with Crippen molar-refractivity contribution in [1.82, 2.24) is 4.98 Å². The number of nitrogens with one attached hydrogen (secondary N) is 1. The summed E-state index contributed by atoms with van der Waals surface area (Å²) >= 11 is 0. The molecule has 3 nitrogen and oxygen atoms in total. The van der Waals surface area contributed by atoms with E-state index in [1.165, 1.54) is 6.26 Å². The number of hydrogen-bond acceptors (Lipinski definition) is 2. The Hall–Kier alpha value is -1.25. The number of allylic oxidation sites excluding steroid dienone is 1. The van der Waals surface area contributed by atoms with Gasteiger partial charge in [-0.05, 0) is 19.8 Å². The Morgan fingerprint density at radius 1 is 1.82 bits per heavy atom. The summed E-state index contributed by atoms with van der Waals surface area (Å²) in [4.78, 5) is 13.1. The van der Waals surface area contributed by atoms with Gasteiger partial charge in [-0.15, -0.1) is 6.58 Å². The molecule has 0 aliphatic carbocycles. The Kier molecular flexibility index (Phi) is 2.31. The first-order chi connectivity index (χ1) is 5.18. The Morgan fingerprint density at radius 3 is 3.00 bits per heavy atom. The van der Waals surface area contributed by atoms with Crippen molar-refractivity contribution in [3.05, 3.63) is 34.7 Å². The Balaban J connectivity index is 2.51. The van der Waals surface area contributed by atoms with E-state index >= 15 is 0 Å². The molecule has 1 aromatic heterocycles. The molecule has 0 amide bonds. The van der Waals surface area contributed by atoms with Crippen molar-refractivity contribution in [2.75, 3.05) is 0 Å². The summed E-state index contributed by atoms with van der Waals surface area (Å²) in [5.74, 6) is -0.387. The van der Waals surface area contributed by atoms with Crippen LogP contribution in [-0.2, 0) is 6.42 Å². The molecule has 0 bridgehead atoms. The standard InChI is InChI=1S/C8H11NO2/c1-6(2)3-4-7-5-11-8(10)9-7/h5H,1,3-4H2,2H3,(H,9,10). The van der Waals surface area contributed by atoms with Gasteiger partial charge in [-0.25, -0.2) is 4.79 Å². The van der Waals surface area contributed by atoms with Crippen molar-refractivity contribution in [2.24, 2.45) is 0 Å². The first-order valence-electron chi connectivity index (χ1n) is 3.49. The predicted molar refractivity (Wildman–Crippen MR) is 42.5 cm³/mol. The number of hydrogen-bond donors (Lipinski definition) is 1. The first-order valence-corrected chi connectivity index (χ1v) is 3.49. The molecule has 0 aliphatic heterocycles. The van der Waals surface area contributed by atoms with E-state index in [9.17, 15) is 4.79 Å². The van der Waals surface area contributed by atoms with E-state index in [4.69, 9.17) is 0 Å². The maximum atomic E-state index is 10.5. The van der Waals surface area contributed by atoms with Gasteiger partial charge in [0, 0.05) is 0 Å². The van der Waals surface area contributed by atoms with Crippen molar-refractivity contribution in [3.8, 4) is 0 Å². The summed E-state index contributed by atoms with van der Waals surface area (Å²) in [6.07, 6.45) is 3.13. The monoisotopic (exact) mass is 153 g/mol. The lowest BCUT2D eigenvalue weighted by atomic mass is 10.1. The van der Waals surface area contributed by atoms with Crippen LogP contribution in [0.2, 0.25) is 0 Å². The van der Waals surface area contributed by atoms with E-state index in [-0.39, 0.29) is 5.76 Å². The van der Waals surface area contributed by atoms with E-state index < -0.39 is 0 Å². The smallest absolute Gasteiger partial charge is 0.416 e. The lowest BCUT2D eigenvalue weighted by molar-refractivity contribution is 0.514. The molecule has 1 N–H and O–H groups in total. The van der Waals surface area contributed by atoms with Gasteiger partial charge in [-0.2, -0.15) is 0 Å². The average Bonchev–Trinajstić information content (AvgIpc) is 2.31. The molecule has 0 fully saturated rings. The van der Waals surface area contributed by atoms with E-state index in [1.54, 1.807) is 0 Å². The number of aromatic nitrogens is 1. The van der Waals surface area contributed by atoms with E-state index in [0.717, 1.165) is 24.1 Å². The van der Waals surface area contributed by atoms with Crippen LogP contribution in [0.1, 0.15) is 19.0 Å². The van der Waals surface area contributed by atoms with Crippen molar-refractivity contribution >= 4 is 0 Å². The van der Waals surface area contributed by atoms with Gasteiger partial charge < -0.3 is 4.42 Å². The normalized spacial score (nSPS) is 9.91. The van der Waals surface area contributed by atoms with Crippen LogP contribution in [0.15, 0.2) is 27.6 Å². The van der Waals surface area contributed by atoms with Gasteiger partial charge in [0.2, 0.25) is 0 Å². The molecule has 0 radical (unpaired) electrons. The Labute approximate surface area is 64.7 Å². The zero-order valence-electron chi connectivity index (χ0n) is 6.52. The van der Waals surface area contributed by atoms with Gasteiger partial charge in [0.15, 0.2) is 0 Å². The summed E-state index contributed by atoms with van der Waals surface area (Å²) in [6.45, 7) is 5.71. The second kappa shape index (κ2) is 3.23. The zero-order chi connectivity index (χ0) is 8.27. The summed E-state index contributed by atoms with van der Waals surface area (Å²) < 4.78 is 4.56. The summed E-state index contributed by atoms with van der Waals surface area (Å²) in [5.41, 5.74) is 1.94. The molecule has 1 heterocycles. The van der Waals surface area contributed by atoms with Crippen LogP contribution in [0, 0.1) is 0 Å². The third kappa shape index (κ3) is 2.45. The minimum absolute atomic E-state index is 0.387. The number of aryl methyl sites for hydroxylation is 1. The summed E-state index contributed by atoms with van der Waals surface area (Å²) in [5, 5.41) is 0. The number of aromatic amines is 1. The van der Waals surface area contributed by atoms with Crippen molar-refractivity contribution < 1.29 is 4.42 Å². The minimum atomic E-state index is -0.387. The molecule has 1 rings (SSSR count). The van der Waals surface area contributed by atoms with Gasteiger partial charge >= 0.3 is 5.76 Å². The van der Waals surface area contributed by atoms with Gasteiger partial charge in [0.25, 0.3) is 0 Å². The quantitative estimate of drug-likeness (QED) is 0.668. The van der Waals surface area contributed by atoms with Gasteiger partial charge in [-0.3, -0.25) is 4.98 Å². The Morgan fingerprint density at radius 2 is 2.55 bits per heavy atom. The molecule has 1 aromatic rings. The van der Waals surface area contributed by atoms with Crippen LogP contribution in [-0.4, -0.2) is 4.98 Å². The van der Waals surface area contributed by atoms with Gasteiger partial charge in [0.05, 0.1) is 5.69 Å². The second-order valence-electron chi connectivity index (χ2n) is 2.63. The van der Waals surface area contributed by atoms with Crippen molar-refractivity contribution in [2.45, 2.75) is 19.8 Å². The van der Waals surface area contributed by atoms with Gasteiger partial charge in [-0.1, -0.05) is 5.57 Å². The lowest BCUT2D eigenvalue weighted by Crippen LogP contribution is -1.97. The highest BCUT2D eigenvalue weighted by Crippen LogP contribution is 2.02. The largest absolute Gasteiger partial charge is 0.416 e. The molecule has 0 spiro atoms. The fraction of sp³-hybridized carbons (Fsp3) is 0.375. The summed E-state index contributed by atoms with van der Waals surface area (Å²) in [7, 11) is 0. The van der Waals surface area contributed by atoms with Gasteiger partial charge in [0.1, 0.15) is 6.26 Å². The Bertz CT molecular complexity index is 295. The molecule has 0 atom stereocenters. The van der Waals surface area contributed by atoms with Crippen molar-refractivity contribution in [1.29, 1.82) is 0 Å². The van der Waals surface area contributed by atoms with Crippen LogP contribution in [0.3, 0.4) is 0 Å².